The Kier molecular flexibility index (Phi) is 4.77. The predicted molar refractivity (Wildman–Crippen MR) is 96.1 cm³/mol. The van der Waals surface area contributed by atoms with Gasteiger partial charge in [-0.15, -0.1) is 0 Å². The van der Waals surface area contributed by atoms with Crippen molar-refractivity contribution in [1.29, 1.82) is 0 Å². The first kappa shape index (κ1) is 18.3. The fourth-order valence-corrected chi connectivity index (χ4v) is 3.18. The van der Waals surface area contributed by atoms with Gasteiger partial charge in [0.1, 0.15) is 5.75 Å². The van der Waals surface area contributed by atoms with Crippen LogP contribution in [0.15, 0.2) is 54.6 Å². The summed E-state index contributed by atoms with van der Waals surface area (Å²) in [5, 5.41) is 2.16. The van der Waals surface area contributed by atoms with Crippen LogP contribution in [-0.2, 0) is 15.0 Å². The Morgan fingerprint density at radius 2 is 1.67 bits per heavy atom. The van der Waals surface area contributed by atoms with Crippen molar-refractivity contribution >= 4 is 23.8 Å². The first-order valence-electron chi connectivity index (χ1n) is 8.39. The Bertz CT molecular complexity index is 908. The van der Waals surface area contributed by atoms with E-state index in [2.05, 4.69) is 5.32 Å². The number of urea groups is 1. The second-order valence-electron chi connectivity index (χ2n) is 6.06. The lowest BCUT2D eigenvalue weighted by atomic mass is 9.74. The van der Waals surface area contributed by atoms with Crippen LogP contribution in [0.1, 0.15) is 29.3 Å². The summed E-state index contributed by atoms with van der Waals surface area (Å²) < 4.78 is 5.04. The van der Waals surface area contributed by atoms with Crippen molar-refractivity contribution in [3.05, 3.63) is 65.7 Å². The number of nitrogens with zero attached hydrogens (tertiary/aromatic N) is 1. The SMILES string of the molecule is CC[C@@]1(c2ccccc2)C(=O)NC(=O)N(C(=O)c2ccc(OC)cc2)C1=O. The average Bonchev–Trinajstić information content (AvgIpc) is 2.69. The number of nitrogens with one attached hydrogen (secondary N) is 1. The molecular weight excluding hydrogens is 348 g/mol. The molecule has 0 saturated carbocycles. The summed E-state index contributed by atoms with van der Waals surface area (Å²) in [6.07, 6.45) is 0.0986. The summed E-state index contributed by atoms with van der Waals surface area (Å²) in [7, 11) is 1.49. The first-order chi connectivity index (χ1) is 13.0. The maximum Gasteiger partial charge on any atom is 0.338 e. The van der Waals surface area contributed by atoms with Gasteiger partial charge >= 0.3 is 6.03 Å². The van der Waals surface area contributed by atoms with Crippen LogP contribution in [0, 0.1) is 0 Å². The van der Waals surface area contributed by atoms with Crippen molar-refractivity contribution in [2.75, 3.05) is 7.11 Å². The van der Waals surface area contributed by atoms with E-state index in [1.807, 2.05) is 0 Å². The molecule has 27 heavy (non-hydrogen) atoms. The quantitative estimate of drug-likeness (QED) is 0.662. The van der Waals surface area contributed by atoms with E-state index in [9.17, 15) is 19.2 Å². The van der Waals surface area contributed by atoms with Crippen LogP contribution in [0.25, 0.3) is 0 Å². The minimum atomic E-state index is -1.64. The molecule has 1 fully saturated rings. The molecule has 1 aliphatic heterocycles. The molecule has 0 unspecified atom stereocenters. The largest absolute Gasteiger partial charge is 0.497 e. The molecule has 2 aromatic rings. The van der Waals surface area contributed by atoms with Gasteiger partial charge in [-0.1, -0.05) is 37.3 Å². The Morgan fingerprint density at radius 1 is 1.04 bits per heavy atom. The normalized spacial score (nSPS) is 19.6. The lowest BCUT2D eigenvalue weighted by molar-refractivity contribution is -0.143. The standard InChI is InChI=1S/C20H18N2O5/c1-3-20(14-7-5-4-6-8-14)17(24)21-19(26)22(18(20)25)16(23)13-9-11-15(27-2)12-10-13/h4-12H,3H2,1-2H3,(H,21,24,26)/t20-/m1/s1. The van der Waals surface area contributed by atoms with E-state index in [1.165, 1.54) is 19.2 Å². The number of rotatable bonds is 4. The highest BCUT2D eigenvalue weighted by molar-refractivity contribution is 6.30. The van der Waals surface area contributed by atoms with Crippen LogP contribution < -0.4 is 10.1 Å². The number of ether oxygens (including phenoxy) is 1. The second-order valence-corrected chi connectivity index (χ2v) is 6.06. The van der Waals surface area contributed by atoms with Crippen LogP contribution in [0.4, 0.5) is 4.79 Å². The maximum atomic E-state index is 13.2. The number of imide groups is 4. The Morgan fingerprint density at radius 3 is 2.22 bits per heavy atom. The first-order valence-corrected chi connectivity index (χ1v) is 8.39. The van der Waals surface area contributed by atoms with E-state index in [-0.39, 0.29) is 12.0 Å². The van der Waals surface area contributed by atoms with E-state index in [0.29, 0.717) is 16.2 Å². The van der Waals surface area contributed by atoms with Crippen LogP contribution in [0.2, 0.25) is 0 Å². The number of amides is 5. The summed E-state index contributed by atoms with van der Waals surface area (Å²) in [6.45, 7) is 1.66. The lowest BCUT2D eigenvalue weighted by Crippen LogP contribution is -2.67. The summed E-state index contributed by atoms with van der Waals surface area (Å²) in [4.78, 5) is 51.6. The smallest absolute Gasteiger partial charge is 0.338 e. The molecule has 0 aliphatic carbocycles. The summed E-state index contributed by atoms with van der Waals surface area (Å²) >= 11 is 0. The number of methoxy groups -OCH3 is 1. The van der Waals surface area contributed by atoms with Gasteiger partial charge in [-0.25, -0.2) is 4.79 Å². The number of carbonyl (C=O) groups excluding carboxylic acids is 4. The molecule has 7 nitrogen and oxygen atoms in total. The zero-order valence-electron chi connectivity index (χ0n) is 14.9. The van der Waals surface area contributed by atoms with Gasteiger partial charge in [-0.05, 0) is 36.2 Å². The third kappa shape index (κ3) is 2.87. The third-order valence-electron chi connectivity index (χ3n) is 4.72. The van der Waals surface area contributed by atoms with Gasteiger partial charge in [-0.2, -0.15) is 4.90 Å². The van der Waals surface area contributed by atoms with Crippen molar-refractivity contribution in [1.82, 2.24) is 10.2 Å². The van der Waals surface area contributed by atoms with Crippen molar-refractivity contribution in [2.45, 2.75) is 18.8 Å². The van der Waals surface area contributed by atoms with E-state index in [0.717, 1.165) is 0 Å². The summed E-state index contributed by atoms with van der Waals surface area (Å²) in [5.41, 5.74) is -1.08. The average molecular weight is 366 g/mol. The monoisotopic (exact) mass is 366 g/mol. The topological polar surface area (TPSA) is 92.8 Å². The van der Waals surface area contributed by atoms with Crippen molar-refractivity contribution < 1.29 is 23.9 Å². The fourth-order valence-electron chi connectivity index (χ4n) is 3.18. The maximum absolute atomic E-state index is 13.2. The number of barbiturate groups is 1. The Hall–Kier alpha value is -3.48. The van der Waals surface area contributed by atoms with E-state index < -0.39 is 29.2 Å². The van der Waals surface area contributed by atoms with Crippen molar-refractivity contribution in [2.24, 2.45) is 0 Å². The summed E-state index contributed by atoms with van der Waals surface area (Å²) in [5.74, 6) is -1.86. The Labute approximate surface area is 155 Å². The number of carbonyl (C=O) groups is 4. The van der Waals surface area contributed by atoms with Gasteiger partial charge in [0.2, 0.25) is 5.91 Å². The minimum Gasteiger partial charge on any atom is -0.497 e. The highest BCUT2D eigenvalue weighted by Crippen LogP contribution is 2.34. The van der Waals surface area contributed by atoms with Crippen molar-refractivity contribution in [3.63, 3.8) is 0 Å². The molecule has 1 saturated heterocycles. The molecule has 7 heteroatoms. The number of benzene rings is 2. The molecular formula is C20H18N2O5. The predicted octanol–water partition coefficient (Wildman–Crippen LogP) is 2.26. The van der Waals surface area contributed by atoms with Gasteiger partial charge in [0.25, 0.3) is 11.8 Å². The Balaban J connectivity index is 2.05. The molecule has 0 aromatic heterocycles. The fraction of sp³-hybridized carbons (Fsp3) is 0.200. The van der Waals surface area contributed by atoms with Gasteiger partial charge < -0.3 is 4.74 Å². The van der Waals surface area contributed by atoms with Gasteiger partial charge in [0.15, 0.2) is 5.41 Å². The molecule has 0 bridgehead atoms. The molecule has 138 valence electrons. The zero-order chi connectivity index (χ0) is 19.6. The number of hydrogen-bond donors (Lipinski definition) is 1. The van der Waals surface area contributed by atoms with Crippen LogP contribution in [0.5, 0.6) is 5.75 Å². The second kappa shape index (κ2) is 7.03. The molecule has 1 heterocycles. The van der Waals surface area contributed by atoms with E-state index in [1.54, 1.807) is 49.4 Å². The molecule has 3 rings (SSSR count). The van der Waals surface area contributed by atoms with Crippen LogP contribution >= 0.6 is 0 Å². The van der Waals surface area contributed by atoms with Gasteiger partial charge in [-0.3, -0.25) is 19.7 Å². The molecule has 5 amide bonds. The van der Waals surface area contributed by atoms with Crippen molar-refractivity contribution in [3.8, 4) is 5.75 Å². The molecule has 0 spiro atoms. The lowest BCUT2D eigenvalue weighted by Gasteiger charge is -2.38. The van der Waals surface area contributed by atoms with Crippen LogP contribution in [0.3, 0.4) is 0 Å². The summed E-state index contributed by atoms with van der Waals surface area (Å²) in [6, 6.07) is 13.4. The molecule has 1 atom stereocenters. The van der Waals surface area contributed by atoms with E-state index >= 15 is 0 Å². The van der Waals surface area contributed by atoms with Crippen LogP contribution in [-0.4, -0.2) is 35.8 Å². The molecule has 1 aliphatic rings. The third-order valence-corrected chi connectivity index (χ3v) is 4.72. The van der Waals surface area contributed by atoms with Gasteiger partial charge in [0, 0.05) is 5.56 Å². The van der Waals surface area contributed by atoms with Gasteiger partial charge in [0.05, 0.1) is 7.11 Å². The highest BCUT2D eigenvalue weighted by Gasteiger charge is 2.55. The van der Waals surface area contributed by atoms with E-state index in [4.69, 9.17) is 4.74 Å². The molecule has 2 aromatic carbocycles. The minimum absolute atomic E-state index is 0.0986. The molecule has 0 radical (unpaired) electrons. The number of hydrogen-bond acceptors (Lipinski definition) is 5. The molecule has 1 N–H and O–H groups in total. The zero-order valence-corrected chi connectivity index (χ0v) is 14.9. The highest BCUT2D eigenvalue weighted by atomic mass is 16.5.